The fourth-order valence-corrected chi connectivity index (χ4v) is 1.92. The normalized spacial score (nSPS) is 11.3. The minimum absolute atomic E-state index is 0.0475. The van der Waals surface area contributed by atoms with Crippen LogP contribution in [0.1, 0.15) is 17.3 Å². The van der Waals surface area contributed by atoms with E-state index in [4.69, 9.17) is 0 Å². The topological polar surface area (TPSA) is 94.0 Å². The summed E-state index contributed by atoms with van der Waals surface area (Å²) in [5.41, 5.74) is 0.369. The number of halogens is 1. The lowest BCUT2D eigenvalue weighted by Gasteiger charge is -2.02. The Labute approximate surface area is 114 Å². The monoisotopic (exact) mass is 298 g/mol. The molecule has 0 saturated heterocycles. The van der Waals surface area contributed by atoms with Crippen molar-refractivity contribution in [1.82, 2.24) is 19.5 Å². The first kappa shape index (κ1) is 14.1. The van der Waals surface area contributed by atoms with Crippen LogP contribution < -0.4 is 4.72 Å². The highest BCUT2D eigenvalue weighted by atomic mass is 32.2. The molecule has 1 amide bonds. The number of amides is 1. The number of rotatable bonds is 4. The van der Waals surface area contributed by atoms with Gasteiger partial charge in [-0.25, -0.2) is 22.2 Å². The lowest BCUT2D eigenvalue weighted by molar-refractivity contribution is 0.0981. The van der Waals surface area contributed by atoms with Gasteiger partial charge in [0.15, 0.2) is 0 Å². The van der Waals surface area contributed by atoms with E-state index in [1.54, 1.807) is 0 Å². The van der Waals surface area contributed by atoms with E-state index in [0.717, 1.165) is 6.20 Å². The molecule has 2 heterocycles. The number of nitrogens with zero attached hydrogens (tertiary/aromatic N) is 3. The summed E-state index contributed by atoms with van der Waals surface area (Å²) >= 11 is 0. The van der Waals surface area contributed by atoms with Crippen molar-refractivity contribution in [3.8, 4) is 5.69 Å². The maximum Gasteiger partial charge on any atom is 0.267 e. The third-order valence-electron chi connectivity index (χ3n) is 2.43. The van der Waals surface area contributed by atoms with E-state index >= 15 is 0 Å². The van der Waals surface area contributed by atoms with Gasteiger partial charge in [-0.15, -0.1) is 0 Å². The molecule has 0 unspecified atom stereocenters. The van der Waals surface area contributed by atoms with Crippen LogP contribution in [0.25, 0.3) is 5.69 Å². The van der Waals surface area contributed by atoms with Crippen LogP contribution in [0, 0.1) is 5.82 Å². The van der Waals surface area contributed by atoms with Crippen molar-refractivity contribution in [2.45, 2.75) is 6.92 Å². The van der Waals surface area contributed by atoms with E-state index in [-0.39, 0.29) is 11.3 Å². The Balaban J connectivity index is 2.23. The van der Waals surface area contributed by atoms with Gasteiger partial charge < -0.3 is 0 Å². The number of hydrogen-bond donors (Lipinski definition) is 1. The van der Waals surface area contributed by atoms with Gasteiger partial charge >= 0.3 is 0 Å². The second kappa shape index (κ2) is 5.37. The quantitative estimate of drug-likeness (QED) is 0.886. The molecule has 0 aromatic carbocycles. The molecule has 0 aliphatic heterocycles. The second-order valence-corrected chi connectivity index (χ2v) is 5.88. The number of sulfonamides is 1. The van der Waals surface area contributed by atoms with Gasteiger partial charge in [0.05, 0.1) is 35.6 Å². The Kier molecular flexibility index (Phi) is 3.79. The Morgan fingerprint density at radius 1 is 1.40 bits per heavy atom. The van der Waals surface area contributed by atoms with Crippen LogP contribution in [0.15, 0.2) is 30.9 Å². The summed E-state index contributed by atoms with van der Waals surface area (Å²) in [5, 5.41) is 3.86. The SMILES string of the molecule is CCS(=O)(=O)NC(=O)c1cnn(-c2cncc(F)c2)c1. The van der Waals surface area contributed by atoms with Gasteiger partial charge in [0.1, 0.15) is 5.82 Å². The first-order valence-electron chi connectivity index (χ1n) is 5.61. The molecule has 2 aromatic heterocycles. The lowest BCUT2D eigenvalue weighted by atomic mass is 10.3. The summed E-state index contributed by atoms with van der Waals surface area (Å²) in [6, 6.07) is 1.18. The van der Waals surface area contributed by atoms with Crippen LogP contribution in [0.5, 0.6) is 0 Å². The van der Waals surface area contributed by atoms with E-state index in [9.17, 15) is 17.6 Å². The number of carbonyl (C=O) groups is 1. The summed E-state index contributed by atoms with van der Waals surface area (Å²) in [6.45, 7) is 1.41. The molecule has 0 radical (unpaired) electrons. The van der Waals surface area contributed by atoms with Crippen LogP contribution >= 0.6 is 0 Å². The first-order valence-corrected chi connectivity index (χ1v) is 7.27. The van der Waals surface area contributed by atoms with E-state index in [2.05, 4.69) is 10.1 Å². The van der Waals surface area contributed by atoms with Gasteiger partial charge in [-0.3, -0.25) is 9.78 Å². The zero-order valence-electron chi connectivity index (χ0n) is 10.4. The van der Waals surface area contributed by atoms with Gasteiger partial charge in [-0.1, -0.05) is 0 Å². The predicted octanol–water partition coefficient (Wildman–Crippen LogP) is 0.486. The van der Waals surface area contributed by atoms with Crippen molar-refractivity contribution in [3.05, 3.63) is 42.2 Å². The number of carbonyl (C=O) groups excluding carboxylic acids is 1. The van der Waals surface area contributed by atoms with Crippen molar-refractivity contribution < 1.29 is 17.6 Å². The minimum Gasteiger partial charge on any atom is -0.268 e. The van der Waals surface area contributed by atoms with Gasteiger partial charge in [0, 0.05) is 12.3 Å². The summed E-state index contributed by atoms with van der Waals surface area (Å²) in [6.07, 6.45) is 4.87. The fourth-order valence-electron chi connectivity index (χ4n) is 1.38. The molecule has 2 aromatic rings. The standard InChI is InChI=1S/C11H11FN4O3S/c1-2-20(18,19)15-11(17)8-4-14-16(7-8)10-3-9(12)5-13-6-10/h3-7H,2H2,1H3,(H,15,17). The van der Waals surface area contributed by atoms with Gasteiger partial charge in [-0.2, -0.15) is 5.10 Å². The summed E-state index contributed by atoms with van der Waals surface area (Å²) in [7, 11) is -3.64. The van der Waals surface area contributed by atoms with Crippen LogP contribution in [-0.2, 0) is 10.0 Å². The Hall–Kier alpha value is -2.29. The molecular formula is C11H11FN4O3S. The maximum atomic E-state index is 13.0. The maximum absolute atomic E-state index is 13.0. The average molecular weight is 298 g/mol. The highest BCUT2D eigenvalue weighted by molar-refractivity contribution is 7.90. The predicted molar refractivity (Wildman–Crippen MR) is 68.2 cm³/mol. The van der Waals surface area contributed by atoms with Crippen molar-refractivity contribution in [3.63, 3.8) is 0 Å². The number of nitrogens with one attached hydrogen (secondary N) is 1. The number of hydrogen-bond acceptors (Lipinski definition) is 5. The molecule has 0 spiro atoms. The molecule has 0 bridgehead atoms. The van der Waals surface area contributed by atoms with Crippen molar-refractivity contribution in [1.29, 1.82) is 0 Å². The smallest absolute Gasteiger partial charge is 0.267 e. The number of aromatic nitrogens is 3. The molecule has 106 valence electrons. The zero-order chi connectivity index (χ0) is 14.8. The lowest BCUT2D eigenvalue weighted by Crippen LogP contribution is -2.31. The molecular weight excluding hydrogens is 287 g/mol. The highest BCUT2D eigenvalue weighted by Gasteiger charge is 2.15. The molecule has 1 N–H and O–H groups in total. The molecule has 20 heavy (non-hydrogen) atoms. The molecule has 9 heteroatoms. The van der Waals surface area contributed by atoms with E-state index in [1.165, 1.54) is 36.3 Å². The van der Waals surface area contributed by atoms with Crippen LogP contribution in [0.3, 0.4) is 0 Å². The molecule has 0 aliphatic carbocycles. The third-order valence-corrected chi connectivity index (χ3v) is 3.68. The summed E-state index contributed by atoms with van der Waals surface area (Å²) in [5.74, 6) is -1.54. The van der Waals surface area contributed by atoms with E-state index < -0.39 is 21.7 Å². The average Bonchev–Trinajstić information content (AvgIpc) is 2.88. The Morgan fingerprint density at radius 2 is 2.15 bits per heavy atom. The zero-order valence-corrected chi connectivity index (χ0v) is 11.3. The third kappa shape index (κ3) is 3.18. The highest BCUT2D eigenvalue weighted by Crippen LogP contribution is 2.08. The molecule has 0 saturated carbocycles. The number of pyridine rings is 1. The molecule has 7 nitrogen and oxygen atoms in total. The van der Waals surface area contributed by atoms with Crippen molar-refractivity contribution >= 4 is 15.9 Å². The van der Waals surface area contributed by atoms with Crippen LogP contribution in [0.4, 0.5) is 4.39 Å². The largest absolute Gasteiger partial charge is 0.268 e. The summed E-state index contributed by atoms with van der Waals surface area (Å²) in [4.78, 5) is 15.4. The van der Waals surface area contributed by atoms with E-state index in [1.807, 2.05) is 4.72 Å². The molecule has 0 atom stereocenters. The van der Waals surface area contributed by atoms with E-state index in [0.29, 0.717) is 5.69 Å². The Bertz CT molecular complexity index is 742. The molecule has 0 aliphatic rings. The first-order chi connectivity index (χ1) is 9.41. The van der Waals surface area contributed by atoms with Crippen LogP contribution in [0.2, 0.25) is 0 Å². The van der Waals surface area contributed by atoms with Crippen molar-refractivity contribution in [2.24, 2.45) is 0 Å². The minimum atomic E-state index is -3.64. The fraction of sp³-hybridized carbons (Fsp3) is 0.182. The second-order valence-electron chi connectivity index (χ2n) is 3.87. The Morgan fingerprint density at radius 3 is 2.80 bits per heavy atom. The van der Waals surface area contributed by atoms with Crippen molar-refractivity contribution in [2.75, 3.05) is 5.75 Å². The van der Waals surface area contributed by atoms with Gasteiger partial charge in [0.2, 0.25) is 10.0 Å². The molecule has 0 fully saturated rings. The van der Waals surface area contributed by atoms with Crippen LogP contribution in [-0.4, -0.2) is 34.8 Å². The van der Waals surface area contributed by atoms with Gasteiger partial charge in [0.25, 0.3) is 5.91 Å². The molecule has 2 rings (SSSR count). The van der Waals surface area contributed by atoms with Gasteiger partial charge in [-0.05, 0) is 6.92 Å². The summed E-state index contributed by atoms with van der Waals surface area (Å²) < 4.78 is 38.7.